The van der Waals surface area contributed by atoms with Gasteiger partial charge in [0, 0.05) is 29.1 Å². The molecule has 7 heteroatoms. The van der Waals surface area contributed by atoms with Crippen LogP contribution in [-0.4, -0.2) is 37.6 Å². The minimum atomic E-state index is -3.17. The Morgan fingerprint density at radius 1 is 1.52 bits per heavy atom. The summed E-state index contributed by atoms with van der Waals surface area (Å²) in [5, 5.41) is 9.51. The average Bonchev–Trinajstić information content (AvgIpc) is 2.54. The zero-order chi connectivity index (χ0) is 15.5. The van der Waals surface area contributed by atoms with E-state index in [9.17, 15) is 13.7 Å². The second-order valence-electron chi connectivity index (χ2n) is 4.77. The number of alkyl halides is 1. The maximum absolute atomic E-state index is 12.3. The van der Waals surface area contributed by atoms with E-state index in [4.69, 9.17) is 0 Å². The van der Waals surface area contributed by atoms with Crippen LogP contribution in [-0.2, 0) is 15.2 Å². The van der Waals surface area contributed by atoms with Gasteiger partial charge < -0.3 is 4.90 Å². The molecule has 1 aliphatic rings. The molecule has 0 spiro atoms. The molecule has 0 aliphatic carbocycles. The molecular formula is C14H17BrN2O2S2. The number of benzene rings is 1. The van der Waals surface area contributed by atoms with Crippen molar-refractivity contribution in [3.05, 3.63) is 29.3 Å². The molecule has 1 atom stereocenters. The fourth-order valence-electron chi connectivity index (χ4n) is 2.35. The Morgan fingerprint density at radius 3 is 2.90 bits per heavy atom. The highest BCUT2D eigenvalue weighted by Gasteiger charge is 2.33. The van der Waals surface area contributed by atoms with Gasteiger partial charge in [-0.05, 0) is 17.7 Å². The molecule has 1 saturated heterocycles. The van der Waals surface area contributed by atoms with Crippen molar-refractivity contribution >= 4 is 43.2 Å². The van der Waals surface area contributed by atoms with Gasteiger partial charge in [-0.25, -0.2) is 8.42 Å². The minimum absolute atomic E-state index is 0.121. The summed E-state index contributed by atoms with van der Waals surface area (Å²) in [7, 11) is -3.17. The predicted octanol–water partition coefficient (Wildman–Crippen LogP) is 2.77. The van der Waals surface area contributed by atoms with E-state index >= 15 is 0 Å². The van der Waals surface area contributed by atoms with Crippen LogP contribution < -0.4 is 4.90 Å². The molecule has 0 amide bonds. The van der Waals surface area contributed by atoms with E-state index in [0.717, 1.165) is 17.0 Å². The molecule has 0 aromatic heterocycles. The molecule has 0 saturated carbocycles. The Hall–Kier alpha value is -0.710. The van der Waals surface area contributed by atoms with Gasteiger partial charge in [0.15, 0.2) is 9.84 Å². The van der Waals surface area contributed by atoms with Crippen LogP contribution in [0.15, 0.2) is 18.2 Å². The number of hydrogen-bond acceptors (Lipinski definition) is 5. The monoisotopic (exact) mass is 388 g/mol. The molecule has 1 heterocycles. The highest BCUT2D eigenvalue weighted by molar-refractivity contribution is 9.08. The number of thioether (sulfide) groups is 1. The highest BCUT2D eigenvalue weighted by Crippen LogP contribution is 2.30. The van der Waals surface area contributed by atoms with Crippen molar-refractivity contribution in [3.8, 4) is 6.07 Å². The van der Waals surface area contributed by atoms with E-state index in [1.165, 1.54) is 0 Å². The third-order valence-electron chi connectivity index (χ3n) is 3.55. The van der Waals surface area contributed by atoms with Gasteiger partial charge in [0.25, 0.3) is 0 Å². The molecular weight excluding hydrogens is 372 g/mol. The zero-order valence-corrected chi connectivity index (χ0v) is 15.0. The summed E-state index contributed by atoms with van der Waals surface area (Å²) in [6.07, 6.45) is 0. The highest BCUT2D eigenvalue weighted by atomic mass is 79.9. The summed E-state index contributed by atoms with van der Waals surface area (Å²) >= 11 is 5.03. The van der Waals surface area contributed by atoms with E-state index in [-0.39, 0.29) is 5.75 Å². The molecule has 0 radical (unpaired) electrons. The van der Waals surface area contributed by atoms with Crippen molar-refractivity contribution in [1.82, 2.24) is 0 Å². The van der Waals surface area contributed by atoms with Crippen molar-refractivity contribution in [2.24, 2.45) is 0 Å². The molecule has 2 rings (SSSR count). The predicted molar refractivity (Wildman–Crippen MR) is 91.7 cm³/mol. The first kappa shape index (κ1) is 16.7. The molecule has 1 aromatic carbocycles. The van der Waals surface area contributed by atoms with E-state index in [1.54, 1.807) is 18.7 Å². The first-order valence-corrected chi connectivity index (χ1v) is 10.7. The SMILES string of the molecule is CCS(=O)(=O)C1CSCCN1c1ccc(CBr)cc1C#N. The van der Waals surface area contributed by atoms with Crippen molar-refractivity contribution in [2.45, 2.75) is 17.6 Å². The first-order valence-electron chi connectivity index (χ1n) is 6.68. The first-order chi connectivity index (χ1) is 10.0. The summed E-state index contributed by atoms with van der Waals surface area (Å²) < 4.78 is 24.6. The number of anilines is 1. The van der Waals surface area contributed by atoms with E-state index in [1.807, 2.05) is 23.1 Å². The largest absolute Gasteiger partial charge is 0.352 e. The lowest BCUT2D eigenvalue weighted by Gasteiger charge is -2.37. The van der Waals surface area contributed by atoms with Crippen LogP contribution >= 0.6 is 27.7 Å². The number of rotatable bonds is 4. The van der Waals surface area contributed by atoms with Gasteiger partial charge in [0.1, 0.15) is 11.4 Å². The van der Waals surface area contributed by atoms with Crippen molar-refractivity contribution in [1.29, 1.82) is 5.26 Å². The van der Waals surface area contributed by atoms with Crippen molar-refractivity contribution < 1.29 is 8.42 Å². The number of sulfone groups is 1. The van der Waals surface area contributed by atoms with Crippen LogP contribution in [0.2, 0.25) is 0 Å². The summed E-state index contributed by atoms with van der Waals surface area (Å²) in [5.41, 5.74) is 2.27. The Labute approximate surface area is 138 Å². The summed E-state index contributed by atoms with van der Waals surface area (Å²) in [4.78, 5) is 1.88. The van der Waals surface area contributed by atoms with Crippen LogP contribution in [0.5, 0.6) is 0 Å². The van der Waals surface area contributed by atoms with Gasteiger partial charge in [0.2, 0.25) is 0 Å². The van der Waals surface area contributed by atoms with Crippen LogP contribution in [0.3, 0.4) is 0 Å². The third-order valence-corrected chi connectivity index (χ3v) is 7.48. The molecule has 21 heavy (non-hydrogen) atoms. The zero-order valence-electron chi connectivity index (χ0n) is 11.8. The maximum Gasteiger partial charge on any atom is 0.171 e. The van der Waals surface area contributed by atoms with Gasteiger partial charge in [-0.3, -0.25) is 0 Å². The normalized spacial score (nSPS) is 19.3. The molecule has 0 bridgehead atoms. The van der Waals surface area contributed by atoms with Crippen molar-refractivity contribution in [2.75, 3.05) is 28.7 Å². The molecule has 4 nitrogen and oxygen atoms in total. The minimum Gasteiger partial charge on any atom is -0.352 e. The number of hydrogen-bond donors (Lipinski definition) is 0. The van der Waals surface area contributed by atoms with Crippen molar-refractivity contribution in [3.63, 3.8) is 0 Å². The smallest absolute Gasteiger partial charge is 0.171 e. The van der Waals surface area contributed by atoms with Crippen LogP contribution in [0.1, 0.15) is 18.1 Å². The summed E-state index contributed by atoms with van der Waals surface area (Å²) in [5.74, 6) is 1.55. The molecule has 1 fully saturated rings. The lowest BCUT2D eigenvalue weighted by atomic mass is 10.1. The Balaban J connectivity index is 2.45. The standard InChI is InChI=1S/C14H17BrN2O2S2/c1-2-21(18,19)14-10-20-6-5-17(14)13-4-3-11(8-15)7-12(13)9-16/h3-4,7,14H,2,5-6,8,10H2,1H3. The van der Waals surface area contributed by atoms with Gasteiger partial charge in [-0.2, -0.15) is 17.0 Å². The lowest BCUT2D eigenvalue weighted by molar-refractivity contribution is 0.579. The van der Waals surface area contributed by atoms with E-state index in [0.29, 0.717) is 23.2 Å². The van der Waals surface area contributed by atoms with Crippen LogP contribution in [0.25, 0.3) is 0 Å². The number of halogens is 1. The second kappa shape index (κ2) is 7.03. The Bertz CT molecular complexity index is 655. The van der Waals surface area contributed by atoms with E-state index < -0.39 is 15.2 Å². The average molecular weight is 389 g/mol. The Morgan fingerprint density at radius 2 is 2.29 bits per heavy atom. The second-order valence-corrected chi connectivity index (χ2v) is 8.93. The van der Waals surface area contributed by atoms with Gasteiger partial charge in [0.05, 0.1) is 11.3 Å². The summed E-state index contributed by atoms with van der Waals surface area (Å²) in [6, 6.07) is 7.81. The molecule has 0 N–H and O–H groups in total. The topological polar surface area (TPSA) is 61.2 Å². The third kappa shape index (κ3) is 3.55. The quantitative estimate of drug-likeness (QED) is 0.742. The summed E-state index contributed by atoms with van der Waals surface area (Å²) in [6.45, 7) is 2.32. The van der Waals surface area contributed by atoms with Gasteiger partial charge in [-0.1, -0.05) is 28.9 Å². The molecule has 114 valence electrons. The van der Waals surface area contributed by atoms with E-state index in [2.05, 4.69) is 22.0 Å². The van der Waals surface area contributed by atoms with Gasteiger partial charge >= 0.3 is 0 Å². The van der Waals surface area contributed by atoms with Gasteiger partial charge in [-0.15, -0.1) is 0 Å². The van der Waals surface area contributed by atoms with Crippen LogP contribution in [0.4, 0.5) is 5.69 Å². The van der Waals surface area contributed by atoms with Crippen LogP contribution in [0, 0.1) is 11.3 Å². The fraction of sp³-hybridized carbons (Fsp3) is 0.500. The molecule has 1 aliphatic heterocycles. The molecule has 1 aromatic rings. The number of nitriles is 1. The molecule has 1 unspecified atom stereocenters. The Kier molecular flexibility index (Phi) is 5.58. The fourth-order valence-corrected chi connectivity index (χ4v) is 5.69. The number of nitrogens with zero attached hydrogens (tertiary/aromatic N) is 2. The maximum atomic E-state index is 12.3. The lowest BCUT2D eigenvalue weighted by Crippen LogP contribution is -2.48.